The molecule has 0 bridgehead atoms. The first-order chi connectivity index (χ1) is 17.9. The normalized spacial score (nSPS) is 11.8. The Labute approximate surface area is 213 Å². The van der Waals surface area contributed by atoms with Crippen molar-refractivity contribution in [3.8, 4) is 11.5 Å². The number of pyridine rings is 1. The average molecular weight is 507 g/mol. The van der Waals surface area contributed by atoms with E-state index in [2.05, 4.69) is 15.3 Å². The van der Waals surface area contributed by atoms with Gasteiger partial charge in [-0.3, -0.25) is 19.6 Å². The molecule has 0 aliphatic carbocycles. The van der Waals surface area contributed by atoms with Gasteiger partial charge in [0.15, 0.2) is 0 Å². The minimum atomic E-state index is -0.717. The lowest BCUT2D eigenvalue weighted by Crippen LogP contribution is -2.27. The fourth-order valence-electron chi connectivity index (χ4n) is 3.43. The number of rotatable bonds is 10. The molecule has 37 heavy (non-hydrogen) atoms. The second-order valence-electron chi connectivity index (χ2n) is 7.68. The van der Waals surface area contributed by atoms with Crippen LogP contribution in [0.2, 0.25) is 0 Å². The quantitative estimate of drug-likeness (QED) is 0.244. The lowest BCUT2D eigenvalue weighted by Gasteiger charge is -2.17. The molecule has 0 fully saturated rings. The van der Waals surface area contributed by atoms with Crippen molar-refractivity contribution in [2.45, 2.75) is 13.0 Å². The van der Waals surface area contributed by atoms with Gasteiger partial charge in [0.1, 0.15) is 17.3 Å². The number of anilines is 1. The van der Waals surface area contributed by atoms with Crippen molar-refractivity contribution in [1.82, 2.24) is 4.98 Å². The number of carbonyl (C=O) groups excluding carboxylic acids is 2. The third-order valence-corrected chi connectivity index (χ3v) is 5.28. The molecule has 3 rings (SSSR count). The van der Waals surface area contributed by atoms with Gasteiger partial charge in [0.2, 0.25) is 0 Å². The van der Waals surface area contributed by atoms with E-state index in [1.807, 2.05) is 0 Å². The summed E-state index contributed by atoms with van der Waals surface area (Å²) in [6.45, 7) is 0.0611. The first-order valence-electron chi connectivity index (χ1n) is 11.1. The summed E-state index contributed by atoms with van der Waals surface area (Å²) < 4.78 is 30.4. The van der Waals surface area contributed by atoms with Crippen LogP contribution < -0.4 is 20.5 Å². The summed E-state index contributed by atoms with van der Waals surface area (Å²) >= 11 is 0. The van der Waals surface area contributed by atoms with E-state index >= 15 is 4.39 Å². The summed E-state index contributed by atoms with van der Waals surface area (Å²) in [5.74, 6) is -1.42. The van der Waals surface area contributed by atoms with E-state index in [1.54, 1.807) is 48.8 Å². The van der Waals surface area contributed by atoms with E-state index < -0.39 is 24.1 Å². The van der Waals surface area contributed by atoms with E-state index in [0.717, 1.165) is 0 Å². The SMILES string of the molecule is COC(=O)CC(N)=C(C(=O)Nc1ccccc1OC)C(=NCc1cccnc1)c1ccc(OC)cc1F. The molecule has 0 saturated heterocycles. The van der Waals surface area contributed by atoms with E-state index in [-0.39, 0.29) is 34.8 Å². The predicted molar refractivity (Wildman–Crippen MR) is 137 cm³/mol. The maximum atomic E-state index is 15.3. The van der Waals surface area contributed by atoms with Crippen molar-refractivity contribution in [3.63, 3.8) is 0 Å². The van der Waals surface area contributed by atoms with Crippen molar-refractivity contribution in [3.05, 3.63) is 95.2 Å². The first kappa shape index (κ1) is 26.9. The number of ether oxygens (including phenoxy) is 3. The molecule has 0 aliphatic rings. The molecule has 2 aromatic carbocycles. The summed E-state index contributed by atoms with van der Waals surface area (Å²) in [4.78, 5) is 34.3. The number of aromatic nitrogens is 1. The van der Waals surface area contributed by atoms with Crippen LogP contribution in [0.5, 0.6) is 11.5 Å². The highest BCUT2D eigenvalue weighted by Gasteiger charge is 2.26. The van der Waals surface area contributed by atoms with Crippen LogP contribution in [0.1, 0.15) is 17.5 Å². The molecular weight excluding hydrogens is 479 g/mol. The van der Waals surface area contributed by atoms with Gasteiger partial charge in [-0.2, -0.15) is 0 Å². The molecule has 1 heterocycles. The molecule has 0 aliphatic heterocycles. The molecule has 192 valence electrons. The molecule has 1 aromatic heterocycles. The molecule has 9 nitrogen and oxygen atoms in total. The minimum absolute atomic E-state index is 0.0114. The molecule has 0 atom stereocenters. The summed E-state index contributed by atoms with van der Waals surface area (Å²) in [7, 11) is 4.07. The topological polar surface area (TPSA) is 125 Å². The Hall–Kier alpha value is -4.73. The van der Waals surface area contributed by atoms with Crippen molar-refractivity contribution < 1.29 is 28.2 Å². The van der Waals surface area contributed by atoms with Crippen LogP contribution in [-0.4, -0.2) is 43.9 Å². The highest BCUT2D eigenvalue weighted by atomic mass is 19.1. The second-order valence-corrected chi connectivity index (χ2v) is 7.68. The van der Waals surface area contributed by atoms with Crippen LogP contribution in [0, 0.1) is 5.82 Å². The smallest absolute Gasteiger partial charge is 0.311 e. The highest BCUT2D eigenvalue weighted by Crippen LogP contribution is 2.26. The van der Waals surface area contributed by atoms with Crippen molar-refractivity contribution in [2.24, 2.45) is 10.7 Å². The molecule has 0 unspecified atom stereocenters. The Morgan fingerprint density at radius 2 is 1.84 bits per heavy atom. The molecule has 0 saturated carbocycles. The van der Waals surface area contributed by atoms with E-state index in [4.69, 9.17) is 19.9 Å². The van der Waals surface area contributed by atoms with Gasteiger partial charge in [-0.05, 0) is 35.9 Å². The number of para-hydroxylation sites is 2. The molecule has 3 N–H and O–H groups in total. The Balaban J connectivity index is 2.18. The third kappa shape index (κ3) is 6.91. The van der Waals surface area contributed by atoms with Crippen molar-refractivity contribution >= 4 is 23.3 Å². The number of nitrogens with one attached hydrogen (secondary N) is 1. The summed E-state index contributed by atoms with van der Waals surface area (Å²) in [5, 5.41) is 2.73. The number of nitrogens with two attached hydrogens (primary N) is 1. The third-order valence-electron chi connectivity index (χ3n) is 5.28. The fraction of sp³-hybridized carbons (Fsp3) is 0.185. The molecule has 0 radical (unpaired) electrons. The molecule has 10 heteroatoms. The highest BCUT2D eigenvalue weighted by molar-refractivity contribution is 6.31. The number of esters is 1. The van der Waals surface area contributed by atoms with Gasteiger partial charge in [0.05, 0.1) is 51.3 Å². The number of methoxy groups -OCH3 is 3. The summed E-state index contributed by atoms with van der Waals surface area (Å²) in [5.41, 5.74) is 6.93. The standard InChI is InChI=1S/C27H27FN4O5/c1-35-18-10-11-19(20(28)13-18)26(31-16-17-7-6-12-30-15-17)25(21(29)14-24(33)37-3)27(34)32-22-8-4-5-9-23(22)36-2/h4-13,15H,14,16,29H2,1-3H3,(H,32,34). The van der Waals surface area contributed by atoms with Crippen LogP contribution >= 0.6 is 0 Å². The molecule has 1 amide bonds. The average Bonchev–Trinajstić information content (AvgIpc) is 2.91. The number of benzene rings is 2. The second kappa shape index (κ2) is 12.8. The zero-order valence-corrected chi connectivity index (χ0v) is 20.7. The van der Waals surface area contributed by atoms with Gasteiger partial charge in [0, 0.05) is 29.7 Å². The Kier molecular flexibility index (Phi) is 9.31. The number of nitrogens with zero attached hydrogens (tertiary/aromatic N) is 2. The first-order valence-corrected chi connectivity index (χ1v) is 11.1. The number of carbonyl (C=O) groups is 2. The number of hydrogen-bond donors (Lipinski definition) is 2. The van der Waals surface area contributed by atoms with Gasteiger partial charge >= 0.3 is 5.97 Å². The number of halogens is 1. The molecule has 3 aromatic rings. The maximum Gasteiger partial charge on any atom is 0.311 e. The summed E-state index contributed by atoms with van der Waals surface area (Å²) in [6, 6.07) is 14.4. The minimum Gasteiger partial charge on any atom is -0.497 e. The lowest BCUT2D eigenvalue weighted by molar-refractivity contribution is -0.139. The lowest BCUT2D eigenvalue weighted by atomic mass is 9.97. The largest absolute Gasteiger partial charge is 0.497 e. The van der Waals surface area contributed by atoms with Crippen LogP contribution in [0.15, 0.2) is 83.3 Å². The van der Waals surface area contributed by atoms with Gasteiger partial charge in [0.25, 0.3) is 5.91 Å². The Morgan fingerprint density at radius 1 is 1.05 bits per heavy atom. The number of amides is 1. The Bertz CT molecular complexity index is 1330. The fourth-order valence-corrected chi connectivity index (χ4v) is 3.43. The van der Waals surface area contributed by atoms with E-state index in [1.165, 1.54) is 39.5 Å². The number of hydrogen-bond acceptors (Lipinski definition) is 8. The van der Waals surface area contributed by atoms with Gasteiger partial charge in [-0.15, -0.1) is 0 Å². The van der Waals surface area contributed by atoms with Gasteiger partial charge in [-0.1, -0.05) is 18.2 Å². The summed E-state index contributed by atoms with van der Waals surface area (Å²) in [6.07, 6.45) is 2.79. The van der Waals surface area contributed by atoms with Gasteiger partial charge < -0.3 is 25.3 Å². The monoisotopic (exact) mass is 506 g/mol. The van der Waals surface area contributed by atoms with Crippen molar-refractivity contribution in [1.29, 1.82) is 0 Å². The van der Waals surface area contributed by atoms with E-state index in [0.29, 0.717) is 17.0 Å². The zero-order valence-electron chi connectivity index (χ0n) is 20.7. The Morgan fingerprint density at radius 3 is 2.49 bits per heavy atom. The van der Waals surface area contributed by atoms with Crippen molar-refractivity contribution in [2.75, 3.05) is 26.6 Å². The predicted octanol–water partition coefficient (Wildman–Crippen LogP) is 3.64. The van der Waals surface area contributed by atoms with Crippen LogP contribution in [0.25, 0.3) is 0 Å². The number of aliphatic imine (C=N–C) groups is 1. The maximum absolute atomic E-state index is 15.3. The zero-order chi connectivity index (χ0) is 26.8. The van der Waals surface area contributed by atoms with Crippen LogP contribution in [-0.2, 0) is 20.9 Å². The molecular formula is C27H27FN4O5. The molecule has 0 spiro atoms. The van der Waals surface area contributed by atoms with Gasteiger partial charge in [-0.25, -0.2) is 4.39 Å². The van der Waals surface area contributed by atoms with Crippen LogP contribution in [0.3, 0.4) is 0 Å². The van der Waals surface area contributed by atoms with E-state index in [9.17, 15) is 9.59 Å². The van der Waals surface area contributed by atoms with Crippen LogP contribution in [0.4, 0.5) is 10.1 Å².